The van der Waals surface area contributed by atoms with Crippen LogP contribution in [-0.2, 0) is 6.42 Å². The summed E-state index contributed by atoms with van der Waals surface area (Å²) in [5.74, 6) is -0.766. The summed E-state index contributed by atoms with van der Waals surface area (Å²) in [6, 6.07) is 3.47. The van der Waals surface area contributed by atoms with Crippen molar-refractivity contribution in [2.24, 2.45) is 0 Å². The van der Waals surface area contributed by atoms with E-state index in [-0.39, 0.29) is 11.2 Å². The van der Waals surface area contributed by atoms with Gasteiger partial charge in [-0.2, -0.15) is 0 Å². The van der Waals surface area contributed by atoms with Crippen molar-refractivity contribution in [3.05, 3.63) is 35.4 Å². The average Bonchev–Trinajstić information content (AvgIpc) is 2.06. The van der Waals surface area contributed by atoms with E-state index in [2.05, 4.69) is 0 Å². The van der Waals surface area contributed by atoms with E-state index in [1.54, 1.807) is 0 Å². The summed E-state index contributed by atoms with van der Waals surface area (Å²) < 4.78 is 25.7. The Morgan fingerprint density at radius 3 is 2.69 bits per heavy atom. The van der Waals surface area contributed by atoms with Crippen molar-refractivity contribution < 1.29 is 8.78 Å². The van der Waals surface area contributed by atoms with Crippen LogP contribution in [0.3, 0.4) is 0 Å². The monoisotopic (exact) mass is 204 g/mol. The number of halogens is 3. The Labute approximate surface area is 81.5 Å². The second kappa shape index (κ2) is 4.56. The zero-order valence-corrected chi connectivity index (χ0v) is 8.11. The molecule has 0 N–H and O–H groups in total. The SMILES string of the molecule is CC(Cl)CCc1cc(F)ccc1F. The molecular weight excluding hydrogens is 194 g/mol. The molecule has 0 saturated carbocycles. The van der Waals surface area contributed by atoms with Crippen LogP contribution >= 0.6 is 11.6 Å². The fourth-order valence-electron chi connectivity index (χ4n) is 1.09. The molecule has 0 spiro atoms. The molecule has 0 nitrogen and oxygen atoms in total. The van der Waals surface area contributed by atoms with Crippen molar-refractivity contribution in [1.82, 2.24) is 0 Å². The largest absolute Gasteiger partial charge is 0.207 e. The van der Waals surface area contributed by atoms with E-state index in [4.69, 9.17) is 11.6 Å². The van der Waals surface area contributed by atoms with Gasteiger partial charge in [0.05, 0.1) is 0 Å². The van der Waals surface area contributed by atoms with Crippen LogP contribution in [0.25, 0.3) is 0 Å². The summed E-state index contributed by atoms with van der Waals surface area (Å²) >= 11 is 5.70. The molecule has 0 bridgehead atoms. The van der Waals surface area contributed by atoms with Crippen molar-refractivity contribution in [1.29, 1.82) is 0 Å². The quantitative estimate of drug-likeness (QED) is 0.661. The number of alkyl halides is 1. The molecule has 0 aliphatic carbocycles. The lowest BCUT2D eigenvalue weighted by Gasteiger charge is -2.04. The van der Waals surface area contributed by atoms with Crippen LogP contribution in [0.15, 0.2) is 18.2 Å². The molecule has 1 atom stereocenters. The first-order valence-corrected chi connectivity index (χ1v) is 4.61. The van der Waals surface area contributed by atoms with Gasteiger partial charge in [-0.15, -0.1) is 11.6 Å². The molecule has 13 heavy (non-hydrogen) atoms. The lowest BCUT2D eigenvalue weighted by atomic mass is 10.1. The highest BCUT2D eigenvalue weighted by atomic mass is 35.5. The van der Waals surface area contributed by atoms with Crippen molar-refractivity contribution in [3.63, 3.8) is 0 Å². The first-order valence-electron chi connectivity index (χ1n) is 4.17. The van der Waals surface area contributed by atoms with Gasteiger partial charge in [-0.05, 0) is 43.5 Å². The zero-order valence-electron chi connectivity index (χ0n) is 7.36. The van der Waals surface area contributed by atoms with E-state index in [0.29, 0.717) is 18.4 Å². The predicted molar refractivity (Wildman–Crippen MR) is 50.0 cm³/mol. The second-order valence-corrected chi connectivity index (χ2v) is 3.80. The Balaban J connectivity index is 2.70. The number of rotatable bonds is 3. The summed E-state index contributed by atoms with van der Waals surface area (Å²) in [6.07, 6.45) is 1.14. The fourth-order valence-corrected chi connectivity index (χ4v) is 1.20. The van der Waals surface area contributed by atoms with Gasteiger partial charge in [0.1, 0.15) is 11.6 Å². The number of benzene rings is 1. The lowest BCUT2D eigenvalue weighted by Crippen LogP contribution is -1.97. The van der Waals surface area contributed by atoms with Crippen LogP contribution in [0.2, 0.25) is 0 Å². The van der Waals surface area contributed by atoms with Crippen LogP contribution < -0.4 is 0 Å². The minimum absolute atomic E-state index is 0.0114. The van der Waals surface area contributed by atoms with Gasteiger partial charge in [0, 0.05) is 5.38 Å². The third kappa shape index (κ3) is 3.31. The first kappa shape index (κ1) is 10.5. The minimum atomic E-state index is -0.404. The third-order valence-corrected chi connectivity index (χ3v) is 2.04. The van der Waals surface area contributed by atoms with Crippen LogP contribution in [0.4, 0.5) is 8.78 Å². The standard InChI is InChI=1S/C10H11ClF2/c1-7(11)2-3-8-6-9(12)4-5-10(8)13/h4-7H,2-3H2,1H3. The van der Waals surface area contributed by atoms with Crippen LogP contribution in [0, 0.1) is 11.6 Å². The third-order valence-electron chi connectivity index (χ3n) is 1.82. The number of aryl methyl sites for hydroxylation is 1. The van der Waals surface area contributed by atoms with Gasteiger partial charge in [0.15, 0.2) is 0 Å². The van der Waals surface area contributed by atoms with Gasteiger partial charge in [-0.3, -0.25) is 0 Å². The molecule has 0 fully saturated rings. The van der Waals surface area contributed by atoms with Crippen molar-refractivity contribution in [2.45, 2.75) is 25.1 Å². The molecule has 0 amide bonds. The molecule has 0 aliphatic heterocycles. The molecule has 0 aliphatic rings. The number of hydrogen-bond acceptors (Lipinski definition) is 0. The smallest absolute Gasteiger partial charge is 0.126 e. The van der Waals surface area contributed by atoms with E-state index in [1.807, 2.05) is 6.92 Å². The Kier molecular flexibility index (Phi) is 3.67. The maximum atomic E-state index is 13.0. The molecule has 72 valence electrons. The average molecular weight is 205 g/mol. The van der Waals surface area contributed by atoms with Gasteiger partial charge >= 0.3 is 0 Å². The molecule has 3 heteroatoms. The summed E-state index contributed by atoms with van der Waals surface area (Å²) in [5, 5.41) is -0.0114. The lowest BCUT2D eigenvalue weighted by molar-refractivity contribution is 0.580. The van der Waals surface area contributed by atoms with Gasteiger partial charge in [0.25, 0.3) is 0 Å². The van der Waals surface area contributed by atoms with E-state index in [0.717, 1.165) is 12.1 Å². The highest BCUT2D eigenvalue weighted by molar-refractivity contribution is 6.20. The summed E-state index contributed by atoms with van der Waals surface area (Å²) in [4.78, 5) is 0. The minimum Gasteiger partial charge on any atom is -0.207 e. The molecule has 0 saturated heterocycles. The normalized spacial score (nSPS) is 12.9. The highest BCUT2D eigenvalue weighted by Gasteiger charge is 2.05. The summed E-state index contributed by atoms with van der Waals surface area (Å²) in [6.45, 7) is 1.83. The molecule has 1 aromatic carbocycles. The Bertz CT molecular complexity index is 284. The van der Waals surface area contributed by atoms with Gasteiger partial charge in [0.2, 0.25) is 0 Å². The van der Waals surface area contributed by atoms with Crippen LogP contribution in [0.5, 0.6) is 0 Å². The Morgan fingerprint density at radius 1 is 1.38 bits per heavy atom. The van der Waals surface area contributed by atoms with Gasteiger partial charge < -0.3 is 0 Å². The Hall–Kier alpha value is -0.630. The molecule has 0 heterocycles. The maximum absolute atomic E-state index is 13.0. The fraction of sp³-hybridized carbons (Fsp3) is 0.400. The first-order chi connectivity index (χ1) is 6.09. The molecule has 1 rings (SSSR count). The predicted octanol–water partition coefficient (Wildman–Crippen LogP) is 3.52. The van der Waals surface area contributed by atoms with Gasteiger partial charge in [-0.1, -0.05) is 0 Å². The van der Waals surface area contributed by atoms with E-state index in [1.165, 1.54) is 6.07 Å². The summed E-state index contributed by atoms with van der Waals surface area (Å²) in [7, 11) is 0. The topological polar surface area (TPSA) is 0 Å². The van der Waals surface area contributed by atoms with E-state index in [9.17, 15) is 8.78 Å². The molecule has 1 aromatic rings. The Morgan fingerprint density at radius 2 is 2.08 bits per heavy atom. The molecule has 1 unspecified atom stereocenters. The second-order valence-electron chi connectivity index (χ2n) is 3.06. The van der Waals surface area contributed by atoms with Crippen molar-refractivity contribution in [2.75, 3.05) is 0 Å². The number of hydrogen-bond donors (Lipinski definition) is 0. The maximum Gasteiger partial charge on any atom is 0.126 e. The zero-order chi connectivity index (χ0) is 9.84. The van der Waals surface area contributed by atoms with Crippen LogP contribution in [0.1, 0.15) is 18.9 Å². The van der Waals surface area contributed by atoms with Crippen LogP contribution in [-0.4, -0.2) is 5.38 Å². The van der Waals surface area contributed by atoms with Crippen molar-refractivity contribution >= 4 is 11.6 Å². The van der Waals surface area contributed by atoms with Gasteiger partial charge in [-0.25, -0.2) is 8.78 Å². The highest BCUT2D eigenvalue weighted by Crippen LogP contribution is 2.14. The van der Waals surface area contributed by atoms with Crippen molar-refractivity contribution in [3.8, 4) is 0 Å². The molecular formula is C10H11ClF2. The van der Waals surface area contributed by atoms with E-state index >= 15 is 0 Å². The van der Waals surface area contributed by atoms with E-state index < -0.39 is 5.82 Å². The molecule has 0 aromatic heterocycles. The summed E-state index contributed by atoms with van der Waals surface area (Å²) in [5.41, 5.74) is 0.396. The molecule has 0 radical (unpaired) electrons.